The molecule has 3 rings (SSSR count). The zero-order valence-corrected chi connectivity index (χ0v) is 17.7. The Morgan fingerprint density at radius 1 is 1.15 bits per heavy atom. The number of anilines is 1. The fourth-order valence-corrected chi connectivity index (χ4v) is 4.33. The van der Waals surface area contributed by atoms with E-state index in [2.05, 4.69) is 26.6 Å². The predicted octanol–water partition coefficient (Wildman–Crippen LogP) is 4.60. The summed E-state index contributed by atoms with van der Waals surface area (Å²) >= 11 is 4.96. The fourth-order valence-electron chi connectivity index (χ4n) is 2.74. The van der Waals surface area contributed by atoms with Gasteiger partial charge in [0, 0.05) is 27.4 Å². The van der Waals surface area contributed by atoms with Gasteiger partial charge in [-0.3, -0.25) is 9.59 Å². The summed E-state index contributed by atoms with van der Waals surface area (Å²) in [5.74, 6) is -0.510. The smallest absolute Gasteiger partial charge is 0.255 e. The number of carbonyl (C=O) groups is 2. The first-order valence-corrected chi connectivity index (χ1v) is 10.1. The number of halogens is 1. The summed E-state index contributed by atoms with van der Waals surface area (Å²) in [7, 11) is 0. The van der Waals surface area contributed by atoms with E-state index in [0.29, 0.717) is 5.56 Å². The van der Waals surface area contributed by atoms with Crippen LogP contribution in [-0.2, 0) is 4.79 Å². The van der Waals surface area contributed by atoms with E-state index in [0.717, 1.165) is 31.2 Å². The molecule has 0 aliphatic carbocycles. The lowest BCUT2D eigenvalue weighted by Gasteiger charge is -2.11. The maximum atomic E-state index is 12.8. The van der Waals surface area contributed by atoms with Crippen LogP contribution in [0, 0.1) is 20.8 Å². The zero-order valence-electron chi connectivity index (χ0n) is 15.3. The zero-order chi connectivity index (χ0) is 19.6. The van der Waals surface area contributed by atoms with Crippen LogP contribution in [0.15, 0.2) is 47.2 Å². The molecule has 0 atom stereocenters. The first-order chi connectivity index (χ1) is 12.9. The minimum absolute atomic E-state index is 0.0895. The summed E-state index contributed by atoms with van der Waals surface area (Å²) in [6.07, 6.45) is 3.81. The second kappa shape index (κ2) is 8.10. The summed E-state index contributed by atoms with van der Waals surface area (Å²) in [6.45, 7) is 5.75. The number of amides is 2. The van der Waals surface area contributed by atoms with E-state index < -0.39 is 0 Å². The molecule has 27 heavy (non-hydrogen) atoms. The third-order valence-electron chi connectivity index (χ3n) is 4.30. The minimum atomic E-state index is -0.263. The minimum Gasteiger partial charge on any atom is -0.343 e. The Balaban J connectivity index is 1.70. The van der Waals surface area contributed by atoms with Crippen molar-refractivity contribution in [2.24, 2.45) is 0 Å². The van der Waals surface area contributed by atoms with Crippen molar-refractivity contribution in [2.75, 3.05) is 11.9 Å². The maximum absolute atomic E-state index is 12.8. The van der Waals surface area contributed by atoms with Crippen molar-refractivity contribution < 1.29 is 9.59 Å². The van der Waals surface area contributed by atoms with Crippen LogP contribution in [0.25, 0.3) is 5.00 Å². The molecule has 2 heterocycles. The number of nitrogens with one attached hydrogen (secondary N) is 2. The Bertz CT molecular complexity index is 993. The van der Waals surface area contributed by atoms with Gasteiger partial charge in [0.1, 0.15) is 5.00 Å². The SMILES string of the molecule is Cc1cc(Br)ccc1NC(=O)CNC(=O)c1c(-n2cccc2)sc(C)c1C. The van der Waals surface area contributed by atoms with Crippen molar-refractivity contribution in [3.8, 4) is 5.00 Å². The highest BCUT2D eigenvalue weighted by molar-refractivity contribution is 9.10. The fraction of sp³-hybridized carbons (Fsp3) is 0.200. The molecule has 0 fully saturated rings. The molecule has 7 heteroatoms. The lowest BCUT2D eigenvalue weighted by Crippen LogP contribution is -2.33. The highest BCUT2D eigenvalue weighted by atomic mass is 79.9. The van der Waals surface area contributed by atoms with Gasteiger partial charge in [-0.05, 0) is 62.2 Å². The molecule has 1 aromatic carbocycles. The Morgan fingerprint density at radius 3 is 2.52 bits per heavy atom. The molecule has 3 aromatic rings. The highest BCUT2D eigenvalue weighted by Gasteiger charge is 2.21. The molecular weight excluding hydrogens is 426 g/mol. The molecular formula is C20H20BrN3O2S. The topological polar surface area (TPSA) is 63.1 Å². The van der Waals surface area contributed by atoms with Crippen LogP contribution in [0.5, 0.6) is 0 Å². The van der Waals surface area contributed by atoms with Crippen LogP contribution in [0.1, 0.15) is 26.4 Å². The van der Waals surface area contributed by atoms with E-state index in [4.69, 9.17) is 0 Å². The van der Waals surface area contributed by atoms with E-state index in [1.807, 2.05) is 68.1 Å². The average Bonchev–Trinajstić information content (AvgIpc) is 3.24. The van der Waals surface area contributed by atoms with Gasteiger partial charge in [0.2, 0.25) is 5.91 Å². The number of aryl methyl sites for hydroxylation is 2. The van der Waals surface area contributed by atoms with E-state index in [1.54, 1.807) is 11.3 Å². The summed E-state index contributed by atoms with van der Waals surface area (Å²) in [5, 5.41) is 6.43. The van der Waals surface area contributed by atoms with Crippen molar-refractivity contribution in [3.05, 3.63) is 68.8 Å². The van der Waals surface area contributed by atoms with Gasteiger partial charge in [0.25, 0.3) is 5.91 Å². The number of hydrogen-bond donors (Lipinski definition) is 2. The number of thiophene rings is 1. The number of aromatic nitrogens is 1. The Kier molecular flexibility index (Phi) is 5.82. The summed E-state index contributed by atoms with van der Waals surface area (Å²) in [5.41, 5.74) is 3.22. The van der Waals surface area contributed by atoms with Crippen LogP contribution in [-0.4, -0.2) is 22.9 Å². The van der Waals surface area contributed by atoms with Gasteiger partial charge in [-0.1, -0.05) is 15.9 Å². The lowest BCUT2D eigenvalue weighted by atomic mass is 10.1. The molecule has 0 unspecified atom stereocenters. The van der Waals surface area contributed by atoms with Crippen LogP contribution in [0.4, 0.5) is 5.69 Å². The largest absolute Gasteiger partial charge is 0.343 e. The Morgan fingerprint density at radius 2 is 1.85 bits per heavy atom. The number of nitrogens with zero attached hydrogens (tertiary/aromatic N) is 1. The van der Waals surface area contributed by atoms with Gasteiger partial charge in [-0.15, -0.1) is 11.3 Å². The van der Waals surface area contributed by atoms with Gasteiger partial charge in [0.05, 0.1) is 12.1 Å². The molecule has 2 N–H and O–H groups in total. The summed E-state index contributed by atoms with van der Waals surface area (Å²) < 4.78 is 2.87. The van der Waals surface area contributed by atoms with Crippen molar-refractivity contribution in [1.29, 1.82) is 0 Å². The maximum Gasteiger partial charge on any atom is 0.255 e. The quantitative estimate of drug-likeness (QED) is 0.602. The molecule has 0 bridgehead atoms. The normalized spacial score (nSPS) is 10.7. The molecule has 2 amide bonds. The number of hydrogen-bond acceptors (Lipinski definition) is 3. The molecule has 5 nitrogen and oxygen atoms in total. The monoisotopic (exact) mass is 445 g/mol. The molecule has 0 aliphatic rings. The summed E-state index contributed by atoms with van der Waals surface area (Å²) in [4.78, 5) is 26.1. The van der Waals surface area contributed by atoms with Gasteiger partial charge in [-0.25, -0.2) is 0 Å². The third-order valence-corrected chi connectivity index (χ3v) is 6.02. The van der Waals surface area contributed by atoms with Crippen LogP contribution < -0.4 is 10.6 Å². The number of rotatable bonds is 5. The average molecular weight is 446 g/mol. The lowest BCUT2D eigenvalue weighted by molar-refractivity contribution is -0.115. The van der Waals surface area contributed by atoms with E-state index in [9.17, 15) is 9.59 Å². The highest BCUT2D eigenvalue weighted by Crippen LogP contribution is 2.30. The van der Waals surface area contributed by atoms with Gasteiger partial charge >= 0.3 is 0 Å². The third kappa shape index (κ3) is 4.31. The van der Waals surface area contributed by atoms with Gasteiger partial charge in [-0.2, -0.15) is 0 Å². The standard InChI is InChI=1S/C20H20BrN3O2S/c1-12-10-15(21)6-7-16(12)23-17(25)11-22-19(26)18-13(2)14(3)27-20(18)24-8-4-5-9-24/h4-10H,11H2,1-3H3,(H,22,26)(H,23,25). The first kappa shape index (κ1) is 19.4. The predicted molar refractivity (Wildman–Crippen MR) is 113 cm³/mol. The van der Waals surface area contributed by atoms with Gasteiger partial charge in [0.15, 0.2) is 0 Å². The van der Waals surface area contributed by atoms with E-state index in [1.165, 1.54) is 0 Å². The molecule has 0 saturated carbocycles. The Labute approximate surface area is 170 Å². The molecule has 0 aliphatic heterocycles. The van der Waals surface area contributed by atoms with Crippen molar-refractivity contribution in [1.82, 2.24) is 9.88 Å². The summed E-state index contributed by atoms with van der Waals surface area (Å²) in [6, 6.07) is 9.45. The van der Waals surface area contributed by atoms with E-state index in [-0.39, 0.29) is 18.4 Å². The number of benzene rings is 1. The second-order valence-electron chi connectivity index (χ2n) is 6.24. The first-order valence-electron chi connectivity index (χ1n) is 8.44. The molecule has 140 valence electrons. The van der Waals surface area contributed by atoms with Crippen molar-refractivity contribution in [3.63, 3.8) is 0 Å². The van der Waals surface area contributed by atoms with Crippen molar-refractivity contribution >= 4 is 44.8 Å². The van der Waals surface area contributed by atoms with Crippen LogP contribution in [0.3, 0.4) is 0 Å². The van der Waals surface area contributed by atoms with E-state index >= 15 is 0 Å². The van der Waals surface area contributed by atoms with Gasteiger partial charge < -0.3 is 15.2 Å². The van der Waals surface area contributed by atoms with Crippen molar-refractivity contribution in [2.45, 2.75) is 20.8 Å². The number of carbonyl (C=O) groups excluding carboxylic acids is 2. The molecule has 0 saturated heterocycles. The molecule has 0 spiro atoms. The van der Waals surface area contributed by atoms with Crippen LogP contribution >= 0.6 is 27.3 Å². The molecule has 2 aromatic heterocycles. The van der Waals surface area contributed by atoms with Crippen LogP contribution in [0.2, 0.25) is 0 Å². The molecule has 0 radical (unpaired) electrons. The Hall–Kier alpha value is -2.38. The second-order valence-corrected chi connectivity index (χ2v) is 8.36.